The molecule has 3 rings (SSSR count). The summed E-state index contributed by atoms with van der Waals surface area (Å²) >= 11 is 0. The predicted molar refractivity (Wildman–Crippen MR) is 115 cm³/mol. The predicted octanol–water partition coefficient (Wildman–Crippen LogP) is 3.43. The van der Waals surface area contributed by atoms with Gasteiger partial charge in [0.25, 0.3) is 0 Å². The van der Waals surface area contributed by atoms with Gasteiger partial charge in [0, 0.05) is 24.8 Å². The monoisotopic (exact) mass is 427 g/mol. The van der Waals surface area contributed by atoms with Gasteiger partial charge in [-0.15, -0.1) is 0 Å². The zero-order chi connectivity index (χ0) is 21.7. The van der Waals surface area contributed by atoms with Gasteiger partial charge in [0.1, 0.15) is 0 Å². The van der Waals surface area contributed by atoms with E-state index in [2.05, 4.69) is 14.9 Å². The quantitative estimate of drug-likeness (QED) is 0.556. The number of benzene rings is 2. The third-order valence-electron chi connectivity index (χ3n) is 4.90. The van der Waals surface area contributed by atoms with Crippen LogP contribution in [0, 0.1) is 6.92 Å². The minimum Gasteiger partial charge on any atom is -0.465 e. The highest BCUT2D eigenvalue weighted by Gasteiger charge is 2.23. The number of aromatic amines is 1. The van der Waals surface area contributed by atoms with Crippen molar-refractivity contribution in [2.75, 3.05) is 20.7 Å². The molecule has 0 saturated heterocycles. The molecule has 0 aliphatic carbocycles. The zero-order valence-corrected chi connectivity index (χ0v) is 18.1. The molecule has 0 atom stereocenters. The molecule has 0 radical (unpaired) electrons. The van der Waals surface area contributed by atoms with Crippen LogP contribution < -0.4 is 0 Å². The summed E-state index contributed by atoms with van der Waals surface area (Å²) in [6.45, 7) is 2.03. The lowest BCUT2D eigenvalue weighted by Gasteiger charge is -2.18. The Balaban J connectivity index is 1.62. The number of esters is 1. The van der Waals surface area contributed by atoms with E-state index >= 15 is 0 Å². The third kappa shape index (κ3) is 4.77. The first-order chi connectivity index (χ1) is 14.3. The number of methoxy groups -OCH3 is 1. The van der Waals surface area contributed by atoms with Crippen LogP contribution in [-0.2, 0) is 21.2 Å². The van der Waals surface area contributed by atoms with Gasteiger partial charge in [-0.2, -0.15) is 5.10 Å². The molecule has 1 aromatic heterocycles. The van der Waals surface area contributed by atoms with Crippen molar-refractivity contribution in [1.29, 1.82) is 0 Å². The van der Waals surface area contributed by atoms with Gasteiger partial charge >= 0.3 is 5.97 Å². The molecule has 2 aromatic carbocycles. The molecular formula is C22H25N3O4S. The molecule has 30 heavy (non-hydrogen) atoms. The van der Waals surface area contributed by atoms with Crippen molar-refractivity contribution < 1.29 is 17.9 Å². The Morgan fingerprint density at radius 3 is 2.53 bits per heavy atom. The van der Waals surface area contributed by atoms with Crippen LogP contribution in [-0.4, -0.2) is 49.6 Å². The van der Waals surface area contributed by atoms with Gasteiger partial charge in [-0.05, 0) is 49.6 Å². The first-order valence-corrected chi connectivity index (χ1v) is 11.0. The van der Waals surface area contributed by atoms with Crippen molar-refractivity contribution in [3.8, 4) is 11.3 Å². The normalized spacial score (nSPS) is 11.6. The van der Waals surface area contributed by atoms with E-state index in [9.17, 15) is 13.2 Å². The highest BCUT2D eigenvalue weighted by Crippen LogP contribution is 2.22. The number of carbonyl (C=O) groups is 1. The lowest BCUT2D eigenvalue weighted by atomic mass is 10.1. The topological polar surface area (TPSA) is 92.4 Å². The van der Waals surface area contributed by atoms with Crippen LogP contribution in [0.4, 0.5) is 0 Å². The lowest BCUT2D eigenvalue weighted by molar-refractivity contribution is 0.0600. The number of H-pyrrole nitrogens is 1. The number of nitrogens with one attached hydrogen (secondary N) is 1. The fourth-order valence-corrected chi connectivity index (χ4v) is 4.62. The Kier molecular flexibility index (Phi) is 6.69. The average molecular weight is 428 g/mol. The second-order valence-corrected chi connectivity index (χ2v) is 9.06. The molecule has 8 heteroatoms. The summed E-state index contributed by atoms with van der Waals surface area (Å²) in [7, 11) is -0.805. The highest BCUT2D eigenvalue weighted by molar-refractivity contribution is 7.89. The van der Waals surface area contributed by atoms with Gasteiger partial charge in [0.05, 0.1) is 23.3 Å². The summed E-state index contributed by atoms with van der Waals surface area (Å²) in [6.07, 6.45) is 1.32. The van der Waals surface area contributed by atoms with E-state index < -0.39 is 16.0 Å². The Bertz CT molecular complexity index is 1120. The minimum atomic E-state index is -3.66. The standard InChI is InChI=1S/C22H25N3O4S/c1-16-14-18(22(26)29-3)11-12-21(16)30(27,28)25(2)13-7-10-19-15-20(24-23-19)17-8-5-4-6-9-17/h4-6,8-9,11-12,14-15H,7,10,13H2,1-3H3,(H,23,24). The van der Waals surface area contributed by atoms with Crippen LogP contribution in [0.5, 0.6) is 0 Å². The van der Waals surface area contributed by atoms with Gasteiger partial charge < -0.3 is 4.74 Å². The zero-order valence-electron chi connectivity index (χ0n) is 17.3. The van der Waals surface area contributed by atoms with E-state index in [1.54, 1.807) is 14.0 Å². The number of carbonyl (C=O) groups excluding carboxylic acids is 1. The van der Waals surface area contributed by atoms with Crippen molar-refractivity contribution in [1.82, 2.24) is 14.5 Å². The molecule has 0 fully saturated rings. The van der Waals surface area contributed by atoms with Crippen LogP contribution in [0.1, 0.15) is 28.0 Å². The molecule has 0 amide bonds. The number of rotatable bonds is 8. The van der Waals surface area contributed by atoms with Gasteiger partial charge in [-0.1, -0.05) is 30.3 Å². The van der Waals surface area contributed by atoms with E-state index in [0.29, 0.717) is 30.5 Å². The molecule has 1 N–H and O–H groups in total. The maximum atomic E-state index is 12.9. The molecule has 3 aromatic rings. The maximum Gasteiger partial charge on any atom is 0.337 e. The Morgan fingerprint density at radius 1 is 1.13 bits per heavy atom. The lowest BCUT2D eigenvalue weighted by Crippen LogP contribution is -2.29. The van der Waals surface area contributed by atoms with Crippen LogP contribution in [0.2, 0.25) is 0 Å². The molecule has 1 heterocycles. The van der Waals surface area contributed by atoms with Crippen molar-refractivity contribution >= 4 is 16.0 Å². The fraction of sp³-hybridized carbons (Fsp3) is 0.273. The second-order valence-electron chi connectivity index (χ2n) is 7.05. The van der Waals surface area contributed by atoms with Crippen molar-refractivity contribution in [2.45, 2.75) is 24.7 Å². The summed E-state index contributed by atoms with van der Waals surface area (Å²) in [5.41, 5.74) is 3.69. The molecule has 0 unspecified atom stereocenters. The number of aryl methyl sites for hydroxylation is 2. The van der Waals surface area contributed by atoms with E-state index in [0.717, 1.165) is 17.0 Å². The fourth-order valence-electron chi connectivity index (χ4n) is 3.21. The molecule has 0 aliphatic heterocycles. The Morgan fingerprint density at radius 2 is 1.87 bits per heavy atom. The molecular weight excluding hydrogens is 402 g/mol. The van der Waals surface area contributed by atoms with E-state index in [4.69, 9.17) is 0 Å². The first kappa shape index (κ1) is 21.7. The molecule has 0 saturated carbocycles. The van der Waals surface area contributed by atoms with E-state index in [-0.39, 0.29) is 4.90 Å². The van der Waals surface area contributed by atoms with Crippen LogP contribution in [0.15, 0.2) is 59.5 Å². The molecule has 0 aliphatic rings. The third-order valence-corrected chi connectivity index (χ3v) is 6.92. The van der Waals surface area contributed by atoms with E-state index in [1.165, 1.54) is 29.6 Å². The SMILES string of the molecule is COC(=O)c1ccc(S(=O)(=O)N(C)CCCc2cc(-c3ccccc3)n[nH]2)c(C)c1. The van der Waals surface area contributed by atoms with Gasteiger partial charge in [0.2, 0.25) is 10.0 Å². The van der Waals surface area contributed by atoms with E-state index in [1.807, 2.05) is 36.4 Å². The second kappa shape index (κ2) is 9.23. The van der Waals surface area contributed by atoms with Crippen molar-refractivity contribution in [3.05, 3.63) is 71.4 Å². The molecule has 0 bridgehead atoms. The number of hydrogen-bond donors (Lipinski definition) is 1. The van der Waals surface area contributed by atoms with Crippen LogP contribution in [0.3, 0.4) is 0 Å². The number of sulfonamides is 1. The minimum absolute atomic E-state index is 0.186. The van der Waals surface area contributed by atoms with Crippen LogP contribution >= 0.6 is 0 Å². The number of hydrogen-bond acceptors (Lipinski definition) is 5. The molecule has 7 nitrogen and oxygen atoms in total. The van der Waals surface area contributed by atoms with Gasteiger partial charge in [0.15, 0.2) is 0 Å². The maximum absolute atomic E-state index is 12.9. The molecule has 158 valence electrons. The number of aromatic nitrogens is 2. The van der Waals surface area contributed by atoms with Crippen molar-refractivity contribution in [2.24, 2.45) is 0 Å². The number of ether oxygens (including phenoxy) is 1. The summed E-state index contributed by atoms with van der Waals surface area (Å²) in [4.78, 5) is 11.8. The Hall–Kier alpha value is -2.97. The molecule has 0 spiro atoms. The highest BCUT2D eigenvalue weighted by atomic mass is 32.2. The summed E-state index contributed by atoms with van der Waals surface area (Å²) in [5, 5.41) is 7.35. The van der Waals surface area contributed by atoms with Gasteiger partial charge in [-0.3, -0.25) is 5.10 Å². The first-order valence-electron chi connectivity index (χ1n) is 9.58. The summed E-state index contributed by atoms with van der Waals surface area (Å²) < 4.78 is 31.9. The van der Waals surface area contributed by atoms with Gasteiger partial charge in [-0.25, -0.2) is 17.5 Å². The van der Waals surface area contributed by atoms with Crippen molar-refractivity contribution in [3.63, 3.8) is 0 Å². The smallest absolute Gasteiger partial charge is 0.337 e. The largest absolute Gasteiger partial charge is 0.465 e. The van der Waals surface area contributed by atoms with Crippen LogP contribution in [0.25, 0.3) is 11.3 Å². The summed E-state index contributed by atoms with van der Waals surface area (Å²) in [5.74, 6) is -0.496. The Labute approximate surface area is 176 Å². The average Bonchev–Trinajstić information content (AvgIpc) is 3.22. The number of nitrogens with zero attached hydrogens (tertiary/aromatic N) is 2. The summed E-state index contributed by atoms with van der Waals surface area (Å²) in [6, 6.07) is 16.3.